The Morgan fingerprint density at radius 1 is 0.962 bits per heavy atom. The van der Waals surface area contributed by atoms with E-state index in [-0.39, 0.29) is 24.2 Å². The number of imide groups is 1. The lowest BCUT2D eigenvalue weighted by Crippen LogP contribution is -2.41. The Hall–Kier alpha value is -1.39. The van der Waals surface area contributed by atoms with Crippen LogP contribution in [0.25, 0.3) is 0 Å². The van der Waals surface area contributed by atoms with E-state index in [1.807, 2.05) is 12.1 Å². The fourth-order valence-electron chi connectivity index (χ4n) is 4.96. The first-order valence-electron chi connectivity index (χ1n) is 9.86. The second-order valence-electron chi connectivity index (χ2n) is 7.88. The first-order chi connectivity index (χ1) is 12.2. The molecule has 0 aromatic heterocycles. The van der Waals surface area contributed by atoms with Crippen LogP contribution in [0.3, 0.4) is 0 Å². The van der Waals surface area contributed by atoms with Gasteiger partial charge < -0.3 is 4.90 Å². The number of likely N-dealkylation sites (tertiary alicyclic amines) is 2. The van der Waals surface area contributed by atoms with E-state index in [4.69, 9.17) is 0 Å². The van der Waals surface area contributed by atoms with Crippen molar-refractivity contribution in [2.45, 2.75) is 56.8 Å². The molecule has 1 atom stereocenters. The molecule has 0 N–H and O–H groups in total. The minimum Gasteiger partial charge on any atom is -0.303 e. The molecule has 142 valence electrons. The Balaban J connectivity index is 0.00000196. The minimum atomic E-state index is -0.569. The number of hydrogen-bond acceptors (Lipinski definition) is 3. The molecule has 1 aromatic rings. The second kappa shape index (κ2) is 8.10. The third-order valence-electron chi connectivity index (χ3n) is 6.30. The number of carbonyl (C=O) groups excluding carboxylic acids is 2. The van der Waals surface area contributed by atoms with Gasteiger partial charge in [0.25, 0.3) is 0 Å². The molecule has 2 aliphatic heterocycles. The lowest BCUT2D eigenvalue weighted by molar-refractivity contribution is -0.140. The Morgan fingerprint density at radius 3 is 2.50 bits per heavy atom. The Morgan fingerprint density at radius 2 is 1.69 bits per heavy atom. The Labute approximate surface area is 162 Å². The largest absolute Gasteiger partial charge is 0.303 e. The summed E-state index contributed by atoms with van der Waals surface area (Å²) in [6, 6.07) is 8.22. The standard InChI is InChI=1S/C21H28N2O2.ClH/c24-19-16-21(11-7-9-17-8-1-2-10-18(17)21)20(25)23(19)15-6-5-14-22-12-3-4-13-22;/h1-2,8,10H,3-7,9,11-16H2;1H. The van der Waals surface area contributed by atoms with E-state index in [0.717, 1.165) is 44.2 Å². The number of benzene rings is 1. The van der Waals surface area contributed by atoms with Crippen LogP contribution < -0.4 is 0 Å². The van der Waals surface area contributed by atoms with Crippen molar-refractivity contribution < 1.29 is 9.59 Å². The topological polar surface area (TPSA) is 40.6 Å². The molecule has 0 bridgehead atoms. The number of amides is 2. The van der Waals surface area contributed by atoms with Gasteiger partial charge in [0.2, 0.25) is 11.8 Å². The van der Waals surface area contributed by atoms with Gasteiger partial charge in [-0.3, -0.25) is 14.5 Å². The molecule has 0 radical (unpaired) electrons. The van der Waals surface area contributed by atoms with Crippen LogP contribution in [0.1, 0.15) is 56.1 Å². The van der Waals surface area contributed by atoms with Crippen molar-refractivity contribution in [1.82, 2.24) is 9.80 Å². The maximum absolute atomic E-state index is 13.2. The predicted molar refractivity (Wildman–Crippen MR) is 105 cm³/mol. The third kappa shape index (κ3) is 3.41. The highest BCUT2D eigenvalue weighted by Crippen LogP contribution is 2.45. The SMILES string of the molecule is Cl.O=C1CC2(CCCc3ccccc32)C(=O)N1CCCCN1CCCC1. The quantitative estimate of drug-likeness (QED) is 0.584. The molecular formula is C21H29ClN2O2. The molecule has 1 spiro atoms. The Bertz CT molecular complexity index is 672. The van der Waals surface area contributed by atoms with Gasteiger partial charge in [0.1, 0.15) is 0 Å². The molecule has 0 saturated carbocycles. The van der Waals surface area contributed by atoms with Crippen molar-refractivity contribution in [3.05, 3.63) is 35.4 Å². The van der Waals surface area contributed by atoms with E-state index in [1.54, 1.807) is 4.90 Å². The molecule has 4 rings (SSSR count). The summed E-state index contributed by atoms with van der Waals surface area (Å²) in [4.78, 5) is 29.9. The average molecular weight is 377 g/mol. The maximum atomic E-state index is 13.2. The summed E-state index contributed by atoms with van der Waals surface area (Å²) in [5.74, 6) is 0.0914. The number of fused-ring (bicyclic) bond motifs is 2. The van der Waals surface area contributed by atoms with E-state index >= 15 is 0 Å². The van der Waals surface area contributed by atoms with Crippen LogP contribution in [0.15, 0.2) is 24.3 Å². The van der Waals surface area contributed by atoms with E-state index in [2.05, 4.69) is 17.0 Å². The third-order valence-corrected chi connectivity index (χ3v) is 6.30. The molecule has 5 heteroatoms. The van der Waals surface area contributed by atoms with Crippen LogP contribution in [0.5, 0.6) is 0 Å². The van der Waals surface area contributed by atoms with Crippen molar-refractivity contribution in [1.29, 1.82) is 0 Å². The first kappa shape index (κ1) is 19.4. The number of rotatable bonds is 5. The summed E-state index contributed by atoms with van der Waals surface area (Å²) < 4.78 is 0. The molecule has 2 saturated heterocycles. The maximum Gasteiger partial charge on any atom is 0.240 e. The molecule has 2 amide bonds. The Kier molecular flexibility index (Phi) is 6.03. The summed E-state index contributed by atoms with van der Waals surface area (Å²) in [7, 11) is 0. The summed E-state index contributed by atoms with van der Waals surface area (Å²) in [6.07, 6.45) is 7.82. The molecule has 2 heterocycles. The molecule has 26 heavy (non-hydrogen) atoms. The van der Waals surface area contributed by atoms with Crippen LogP contribution >= 0.6 is 12.4 Å². The highest BCUT2D eigenvalue weighted by Gasteiger charge is 2.53. The van der Waals surface area contributed by atoms with Gasteiger partial charge in [-0.2, -0.15) is 0 Å². The van der Waals surface area contributed by atoms with Gasteiger partial charge in [-0.15, -0.1) is 12.4 Å². The van der Waals surface area contributed by atoms with Gasteiger partial charge in [-0.05, 0) is 75.7 Å². The zero-order valence-corrected chi connectivity index (χ0v) is 16.2. The van der Waals surface area contributed by atoms with Crippen LogP contribution in [0.2, 0.25) is 0 Å². The zero-order valence-electron chi connectivity index (χ0n) is 15.4. The van der Waals surface area contributed by atoms with Crippen molar-refractivity contribution in [3.63, 3.8) is 0 Å². The molecular weight excluding hydrogens is 348 g/mol. The monoisotopic (exact) mass is 376 g/mol. The first-order valence-corrected chi connectivity index (χ1v) is 9.86. The summed E-state index contributed by atoms with van der Waals surface area (Å²) in [5.41, 5.74) is 1.80. The van der Waals surface area contributed by atoms with Crippen molar-refractivity contribution in [2.24, 2.45) is 0 Å². The lowest BCUT2D eigenvalue weighted by Gasteiger charge is -2.33. The van der Waals surface area contributed by atoms with Crippen molar-refractivity contribution in [2.75, 3.05) is 26.2 Å². The van der Waals surface area contributed by atoms with Gasteiger partial charge >= 0.3 is 0 Å². The minimum absolute atomic E-state index is 0. The van der Waals surface area contributed by atoms with E-state index < -0.39 is 5.41 Å². The van der Waals surface area contributed by atoms with Gasteiger partial charge in [0, 0.05) is 13.0 Å². The van der Waals surface area contributed by atoms with Gasteiger partial charge in [-0.1, -0.05) is 24.3 Å². The van der Waals surface area contributed by atoms with Crippen LogP contribution in [0.4, 0.5) is 0 Å². The molecule has 1 aliphatic carbocycles. The van der Waals surface area contributed by atoms with E-state index in [1.165, 1.54) is 31.5 Å². The predicted octanol–water partition coefficient (Wildman–Crippen LogP) is 3.32. The highest BCUT2D eigenvalue weighted by atomic mass is 35.5. The van der Waals surface area contributed by atoms with E-state index in [0.29, 0.717) is 13.0 Å². The average Bonchev–Trinajstić information content (AvgIpc) is 3.21. The number of hydrogen-bond donors (Lipinski definition) is 0. The number of unbranched alkanes of at least 4 members (excludes halogenated alkanes) is 1. The summed E-state index contributed by atoms with van der Waals surface area (Å²) in [5, 5.41) is 0. The number of nitrogens with zero attached hydrogens (tertiary/aromatic N) is 2. The summed E-state index contributed by atoms with van der Waals surface area (Å²) in [6.45, 7) is 4.11. The normalized spacial score (nSPS) is 25.6. The number of halogens is 1. The van der Waals surface area contributed by atoms with Gasteiger partial charge in [0.15, 0.2) is 0 Å². The van der Waals surface area contributed by atoms with Crippen LogP contribution in [0, 0.1) is 0 Å². The van der Waals surface area contributed by atoms with Crippen molar-refractivity contribution >= 4 is 24.2 Å². The van der Waals surface area contributed by atoms with Gasteiger partial charge in [0.05, 0.1) is 5.41 Å². The highest BCUT2D eigenvalue weighted by molar-refractivity contribution is 6.09. The smallest absolute Gasteiger partial charge is 0.240 e. The fraction of sp³-hybridized carbons (Fsp3) is 0.619. The molecule has 1 aromatic carbocycles. The number of carbonyl (C=O) groups is 2. The fourth-order valence-corrected chi connectivity index (χ4v) is 4.96. The molecule has 1 unspecified atom stereocenters. The lowest BCUT2D eigenvalue weighted by atomic mass is 9.69. The van der Waals surface area contributed by atoms with Gasteiger partial charge in [-0.25, -0.2) is 0 Å². The van der Waals surface area contributed by atoms with Crippen molar-refractivity contribution in [3.8, 4) is 0 Å². The molecule has 3 aliphatic rings. The molecule has 4 nitrogen and oxygen atoms in total. The summed E-state index contributed by atoms with van der Waals surface area (Å²) >= 11 is 0. The molecule has 2 fully saturated rings. The number of aryl methyl sites for hydroxylation is 1. The second-order valence-corrected chi connectivity index (χ2v) is 7.88. The van der Waals surface area contributed by atoms with Crippen LogP contribution in [-0.4, -0.2) is 47.8 Å². The zero-order chi connectivity index (χ0) is 17.3. The van der Waals surface area contributed by atoms with Crippen LogP contribution in [-0.2, 0) is 21.4 Å². The van der Waals surface area contributed by atoms with E-state index in [9.17, 15) is 9.59 Å².